The van der Waals surface area contributed by atoms with Crippen LogP contribution in [0.4, 0.5) is 0 Å². The summed E-state index contributed by atoms with van der Waals surface area (Å²) in [5.74, 6) is -3.29. The van der Waals surface area contributed by atoms with Crippen LogP contribution in [0.1, 0.15) is 100 Å². The lowest BCUT2D eigenvalue weighted by atomic mass is 9.94. The Labute approximate surface area is 295 Å². The maximum atomic E-state index is 14.6. The number of Topliss-reactive ketones (excluding diaryl/α,β-unsaturated/α-hetero) is 1. The van der Waals surface area contributed by atoms with Crippen LogP contribution in [0.3, 0.4) is 0 Å². The van der Waals surface area contributed by atoms with E-state index in [2.05, 4.69) is 25.3 Å². The molecule has 0 unspecified atom stereocenters. The Kier molecular flexibility index (Phi) is 10.8. The standard InChI is InChI=1S/C39H47N5O7/c1-8-22-21(6)37-36(39(51)32(40-7)17-35(49)50)38-23(9-2)18(3)28(43-38)14-26-19(4)24(10-12-33(45)46)30(41-26)16-31-25(11-13-34(47)48)20(5)27(42-31)15-29(22)44-37/h14-16,32,40-44H,8-13,17H2,1-7H3,(H,45,46)(H,47,48)(H,49,50)/t32-/m0/s1. The average molecular weight is 698 g/mol. The van der Waals surface area contributed by atoms with Crippen LogP contribution in [0.25, 0.3) is 23.8 Å². The summed E-state index contributed by atoms with van der Waals surface area (Å²) in [5, 5.41) is 34.7. The molecule has 0 amide bonds. The van der Waals surface area contributed by atoms with Crippen molar-refractivity contribution < 1.29 is 34.5 Å². The first-order chi connectivity index (χ1) is 24.2. The highest BCUT2D eigenvalue weighted by atomic mass is 16.4. The Hall–Kier alpha value is -5.36. The number of likely N-dealkylation sites (N-methyl/N-ethyl adjacent to an activating group) is 1. The summed E-state index contributed by atoms with van der Waals surface area (Å²) in [7, 11) is 1.58. The van der Waals surface area contributed by atoms with Gasteiger partial charge in [0.1, 0.15) is 0 Å². The van der Waals surface area contributed by atoms with E-state index in [0.717, 1.165) is 77.6 Å². The third-order valence-corrected chi connectivity index (χ3v) is 10.3. The lowest BCUT2D eigenvalue weighted by molar-refractivity contribution is -0.139. The van der Waals surface area contributed by atoms with E-state index in [4.69, 9.17) is 0 Å². The molecule has 4 aromatic heterocycles. The molecule has 1 aliphatic rings. The summed E-state index contributed by atoms with van der Waals surface area (Å²) in [6.07, 6.45) is 7.13. The van der Waals surface area contributed by atoms with Gasteiger partial charge in [0.15, 0.2) is 5.78 Å². The number of hydrogen-bond donors (Lipinski definition) is 8. The number of aromatic nitrogens is 4. The fraction of sp³-hybridized carbons (Fsp3) is 0.385. The van der Waals surface area contributed by atoms with Gasteiger partial charge in [-0.3, -0.25) is 19.2 Å². The quantitative estimate of drug-likeness (QED) is 0.104. The van der Waals surface area contributed by atoms with Crippen LogP contribution in [0.2, 0.25) is 0 Å². The van der Waals surface area contributed by atoms with E-state index in [-0.39, 0.29) is 31.5 Å². The van der Waals surface area contributed by atoms with Gasteiger partial charge in [-0.25, -0.2) is 0 Å². The van der Waals surface area contributed by atoms with Crippen LogP contribution in [-0.2, 0) is 44.9 Å². The molecule has 4 aromatic rings. The molecule has 1 aliphatic heterocycles. The van der Waals surface area contributed by atoms with Crippen molar-refractivity contribution in [2.75, 3.05) is 7.05 Å². The molecular formula is C39H47N5O7. The highest BCUT2D eigenvalue weighted by Crippen LogP contribution is 2.27. The number of H-pyrrole nitrogens is 4. The summed E-state index contributed by atoms with van der Waals surface area (Å²) in [6.45, 7) is 11.9. The van der Waals surface area contributed by atoms with Crippen LogP contribution < -0.4 is 26.7 Å². The third-order valence-electron chi connectivity index (χ3n) is 10.3. The van der Waals surface area contributed by atoms with Gasteiger partial charge in [0.25, 0.3) is 0 Å². The molecule has 0 aromatic carbocycles. The first-order valence-corrected chi connectivity index (χ1v) is 17.3. The lowest BCUT2D eigenvalue weighted by Gasteiger charge is -2.16. The summed E-state index contributed by atoms with van der Waals surface area (Å²) < 4.78 is 0. The topological polar surface area (TPSA) is 204 Å². The number of rotatable bonds is 13. The smallest absolute Gasteiger partial charge is 0.305 e. The van der Waals surface area contributed by atoms with Crippen molar-refractivity contribution in [2.24, 2.45) is 0 Å². The minimum absolute atomic E-state index is 0.0724. The SMILES string of the molecule is CCc1c2[nH]c(c1C)C(C(=O)[C@H](CC(=O)O)NC)=c1[nH]c(c(C)c1CC)=Cc1[nH]c(c(CCC(=O)O)c1C)C=c1[nH]c(c(C)c1CCC(=O)O)=C2. The van der Waals surface area contributed by atoms with Crippen molar-refractivity contribution in [3.8, 4) is 0 Å². The zero-order valence-electron chi connectivity index (χ0n) is 30.2. The highest BCUT2D eigenvalue weighted by Gasteiger charge is 2.29. The first-order valence-electron chi connectivity index (χ1n) is 17.3. The fourth-order valence-corrected chi connectivity index (χ4v) is 7.42. The van der Waals surface area contributed by atoms with Gasteiger partial charge in [-0.05, 0) is 123 Å². The molecule has 5 heterocycles. The van der Waals surface area contributed by atoms with Gasteiger partial charge < -0.3 is 40.6 Å². The number of carbonyl (C=O) groups excluding carboxylic acids is 1. The van der Waals surface area contributed by atoms with E-state index in [9.17, 15) is 34.5 Å². The number of nitrogens with one attached hydrogen (secondary N) is 5. The van der Waals surface area contributed by atoms with Crippen LogP contribution >= 0.6 is 0 Å². The van der Waals surface area contributed by atoms with Gasteiger partial charge in [-0.1, -0.05) is 13.8 Å². The molecule has 12 heteroatoms. The molecule has 5 rings (SSSR count). The van der Waals surface area contributed by atoms with Gasteiger partial charge in [0, 0.05) is 46.0 Å². The molecule has 0 aliphatic carbocycles. The normalized spacial score (nSPS) is 13.0. The number of carbonyl (C=O) groups is 4. The van der Waals surface area contributed by atoms with Gasteiger partial charge >= 0.3 is 17.9 Å². The molecule has 0 saturated carbocycles. The van der Waals surface area contributed by atoms with Gasteiger partial charge in [0.05, 0.1) is 29.1 Å². The lowest BCUT2D eigenvalue weighted by Crippen LogP contribution is -2.39. The van der Waals surface area contributed by atoms with Crippen molar-refractivity contribution in [3.05, 3.63) is 88.7 Å². The Morgan fingerprint density at radius 2 is 1.18 bits per heavy atom. The Morgan fingerprint density at radius 1 is 0.627 bits per heavy atom. The summed E-state index contributed by atoms with van der Waals surface area (Å²) in [5.41, 5.74) is 10.3. The molecule has 12 nitrogen and oxygen atoms in total. The molecule has 0 saturated heterocycles. The molecular weight excluding hydrogens is 650 g/mol. The second-order valence-corrected chi connectivity index (χ2v) is 13.3. The number of hydrogen-bond acceptors (Lipinski definition) is 5. The molecule has 270 valence electrons. The van der Waals surface area contributed by atoms with Crippen molar-refractivity contribution in [1.82, 2.24) is 25.3 Å². The number of aromatic amines is 4. The maximum absolute atomic E-state index is 14.6. The van der Waals surface area contributed by atoms with Crippen molar-refractivity contribution in [3.63, 3.8) is 0 Å². The largest absolute Gasteiger partial charge is 0.481 e. The van der Waals surface area contributed by atoms with E-state index < -0.39 is 30.4 Å². The van der Waals surface area contributed by atoms with Crippen molar-refractivity contribution in [1.29, 1.82) is 0 Å². The zero-order valence-corrected chi connectivity index (χ0v) is 30.2. The third kappa shape index (κ3) is 7.14. The second-order valence-electron chi connectivity index (χ2n) is 13.3. The number of carboxylic acids is 3. The molecule has 0 spiro atoms. The number of aliphatic carboxylic acids is 3. The molecule has 8 bridgehead atoms. The van der Waals surface area contributed by atoms with E-state index in [0.29, 0.717) is 29.5 Å². The molecule has 1 atom stereocenters. The van der Waals surface area contributed by atoms with Gasteiger partial charge in [-0.15, -0.1) is 0 Å². The zero-order chi connectivity index (χ0) is 37.3. The van der Waals surface area contributed by atoms with Crippen LogP contribution in [0, 0.1) is 27.7 Å². The number of fused-ring (bicyclic) bond motifs is 8. The molecule has 0 fully saturated rings. The van der Waals surface area contributed by atoms with Crippen LogP contribution in [0.15, 0.2) is 0 Å². The average Bonchev–Trinajstić information content (AvgIpc) is 3.74. The Balaban J connectivity index is 2.00. The minimum atomic E-state index is -1.10. The Bertz CT molecular complexity index is 2310. The maximum Gasteiger partial charge on any atom is 0.305 e. The van der Waals surface area contributed by atoms with E-state index in [1.807, 2.05) is 59.8 Å². The fourth-order valence-electron chi connectivity index (χ4n) is 7.42. The molecule has 0 radical (unpaired) electrons. The van der Waals surface area contributed by atoms with E-state index >= 15 is 0 Å². The summed E-state index contributed by atoms with van der Waals surface area (Å²) in [6, 6.07) is -0.991. The van der Waals surface area contributed by atoms with Crippen LogP contribution in [-0.4, -0.2) is 72.0 Å². The Morgan fingerprint density at radius 3 is 1.76 bits per heavy atom. The minimum Gasteiger partial charge on any atom is -0.481 e. The van der Waals surface area contributed by atoms with Gasteiger partial charge in [-0.2, -0.15) is 0 Å². The summed E-state index contributed by atoms with van der Waals surface area (Å²) >= 11 is 0. The monoisotopic (exact) mass is 697 g/mol. The van der Waals surface area contributed by atoms with E-state index in [1.54, 1.807) is 7.05 Å². The van der Waals surface area contributed by atoms with Crippen molar-refractivity contribution in [2.45, 2.75) is 92.5 Å². The van der Waals surface area contributed by atoms with Crippen LogP contribution in [0.5, 0.6) is 0 Å². The number of ketones is 1. The predicted molar refractivity (Wildman–Crippen MR) is 195 cm³/mol. The van der Waals surface area contributed by atoms with E-state index in [1.165, 1.54) is 0 Å². The first kappa shape index (κ1) is 36.9. The van der Waals surface area contributed by atoms with Gasteiger partial charge in [0.2, 0.25) is 0 Å². The molecule has 51 heavy (non-hydrogen) atoms. The second kappa shape index (κ2) is 14.9. The summed E-state index contributed by atoms with van der Waals surface area (Å²) in [4.78, 5) is 64.0. The van der Waals surface area contributed by atoms with Crippen molar-refractivity contribution >= 4 is 47.5 Å². The number of carboxylic acid groups (broad SMARTS) is 3. The molecule has 8 N–H and O–H groups in total. The highest BCUT2D eigenvalue weighted by molar-refractivity contribution is 6.23. The predicted octanol–water partition coefficient (Wildman–Crippen LogP) is 2.02.